The molecule has 0 fully saturated rings. The Hall–Kier alpha value is -2.62. The second kappa shape index (κ2) is 4.57. The first-order chi connectivity index (χ1) is 9.28. The zero-order chi connectivity index (χ0) is 13.2. The SMILES string of the molecule is COC(=O)c1ccc2oc(-c3cccnc3)cc2c1. The lowest BCUT2D eigenvalue weighted by Crippen LogP contribution is -1.99. The number of furan rings is 1. The summed E-state index contributed by atoms with van der Waals surface area (Å²) in [6, 6.07) is 10.9. The highest BCUT2D eigenvalue weighted by Crippen LogP contribution is 2.28. The molecule has 0 unspecified atom stereocenters. The third-order valence-electron chi connectivity index (χ3n) is 2.88. The van der Waals surface area contributed by atoms with Crippen LogP contribution >= 0.6 is 0 Å². The third kappa shape index (κ3) is 2.08. The summed E-state index contributed by atoms with van der Waals surface area (Å²) in [5, 5.41) is 0.863. The highest BCUT2D eigenvalue weighted by atomic mass is 16.5. The van der Waals surface area contributed by atoms with E-state index >= 15 is 0 Å². The minimum Gasteiger partial charge on any atom is -0.465 e. The Kier molecular flexibility index (Phi) is 2.76. The number of carbonyl (C=O) groups excluding carboxylic acids is 1. The average molecular weight is 253 g/mol. The van der Waals surface area contributed by atoms with Crippen molar-refractivity contribution in [3.8, 4) is 11.3 Å². The summed E-state index contributed by atoms with van der Waals surface area (Å²) in [6.07, 6.45) is 3.44. The van der Waals surface area contributed by atoms with E-state index in [1.165, 1.54) is 7.11 Å². The van der Waals surface area contributed by atoms with Gasteiger partial charge in [0.1, 0.15) is 11.3 Å². The van der Waals surface area contributed by atoms with Gasteiger partial charge in [-0.2, -0.15) is 0 Å². The van der Waals surface area contributed by atoms with Gasteiger partial charge in [-0.05, 0) is 36.4 Å². The molecule has 2 heterocycles. The predicted molar refractivity (Wildman–Crippen MR) is 70.8 cm³/mol. The number of ether oxygens (including phenoxy) is 1. The molecule has 0 saturated heterocycles. The van der Waals surface area contributed by atoms with E-state index < -0.39 is 0 Å². The number of carbonyl (C=O) groups is 1. The lowest BCUT2D eigenvalue weighted by Gasteiger charge is -1.97. The van der Waals surface area contributed by atoms with Crippen LogP contribution in [0, 0.1) is 0 Å². The van der Waals surface area contributed by atoms with Crippen LogP contribution in [0.2, 0.25) is 0 Å². The summed E-state index contributed by atoms with van der Waals surface area (Å²) in [6.45, 7) is 0. The van der Waals surface area contributed by atoms with Gasteiger partial charge in [0.15, 0.2) is 0 Å². The summed E-state index contributed by atoms with van der Waals surface area (Å²) in [5.74, 6) is 0.371. The Morgan fingerprint density at radius 2 is 2.16 bits per heavy atom. The Labute approximate surface area is 109 Å². The standard InChI is InChI=1S/C15H11NO3/c1-18-15(17)10-4-5-13-12(7-10)8-14(19-13)11-3-2-6-16-9-11/h2-9H,1H3. The number of fused-ring (bicyclic) bond motifs is 1. The Morgan fingerprint density at radius 3 is 2.89 bits per heavy atom. The number of methoxy groups -OCH3 is 1. The van der Waals surface area contributed by atoms with E-state index in [2.05, 4.69) is 4.98 Å². The van der Waals surface area contributed by atoms with Gasteiger partial charge in [0.25, 0.3) is 0 Å². The number of nitrogens with zero attached hydrogens (tertiary/aromatic N) is 1. The molecule has 19 heavy (non-hydrogen) atoms. The van der Waals surface area contributed by atoms with Gasteiger partial charge in [-0.1, -0.05) is 0 Å². The van der Waals surface area contributed by atoms with Crippen molar-refractivity contribution in [2.75, 3.05) is 7.11 Å². The van der Waals surface area contributed by atoms with Crippen molar-refractivity contribution in [3.05, 3.63) is 54.4 Å². The summed E-state index contributed by atoms with van der Waals surface area (Å²) >= 11 is 0. The molecule has 0 atom stereocenters. The van der Waals surface area contributed by atoms with Crippen LogP contribution in [0.5, 0.6) is 0 Å². The normalized spacial score (nSPS) is 10.6. The Morgan fingerprint density at radius 1 is 1.26 bits per heavy atom. The van der Waals surface area contributed by atoms with Crippen molar-refractivity contribution in [3.63, 3.8) is 0 Å². The molecule has 2 aromatic heterocycles. The number of pyridine rings is 1. The van der Waals surface area contributed by atoms with Crippen LogP contribution in [0.1, 0.15) is 10.4 Å². The fourth-order valence-corrected chi connectivity index (χ4v) is 1.94. The number of hydrogen-bond donors (Lipinski definition) is 0. The Balaban J connectivity index is 2.09. The van der Waals surface area contributed by atoms with Gasteiger partial charge in [0.2, 0.25) is 0 Å². The van der Waals surface area contributed by atoms with Crippen molar-refractivity contribution in [2.24, 2.45) is 0 Å². The lowest BCUT2D eigenvalue weighted by atomic mass is 10.1. The zero-order valence-corrected chi connectivity index (χ0v) is 10.3. The second-order valence-corrected chi connectivity index (χ2v) is 4.10. The molecular weight excluding hydrogens is 242 g/mol. The van der Waals surface area contributed by atoms with Gasteiger partial charge in [0.05, 0.1) is 12.7 Å². The molecular formula is C15H11NO3. The first-order valence-corrected chi connectivity index (χ1v) is 5.80. The van der Waals surface area contributed by atoms with Gasteiger partial charge in [-0.15, -0.1) is 0 Å². The van der Waals surface area contributed by atoms with Crippen molar-refractivity contribution >= 4 is 16.9 Å². The van der Waals surface area contributed by atoms with Crippen LogP contribution in [0.25, 0.3) is 22.3 Å². The molecule has 0 bridgehead atoms. The molecule has 0 aliphatic rings. The van der Waals surface area contributed by atoms with E-state index in [0.29, 0.717) is 5.56 Å². The van der Waals surface area contributed by atoms with Crippen LogP contribution in [-0.4, -0.2) is 18.1 Å². The minimum atomic E-state index is -0.356. The van der Waals surface area contributed by atoms with Crippen molar-refractivity contribution in [1.29, 1.82) is 0 Å². The number of aromatic nitrogens is 1. The highest BCUT2D eigenvalue weighted by molar-refractivity contribution is 5.95. The molecule has 4 nitrogen and oxygen atoms in total. The third-order valence-corrected chi connectivity index (χ3v) is 2.88. The molecule has 1 aromatic carbocycles. The molecule has 4 heteroatoms. The highest BCUT2D eigenvalue weighted by Gasteiger charge is 2.10. The van der Waals surface area contributed by atoms with Crippen LogP contribution in [-0.2, 0) is 4.74 Å². The van der Waals surface area contributed by atoms with Crippen molar-refractivity contribution in [1.82, 2.24) is 4.98 Å². The van der Waals surface area contributed by atoms with Gasteiger partial charge >= 0.3 is 5.97 Å². The summed E-state index contributed by atoms with van der Waals surface area (Å²) in [7, 11) is 1.36. The topological polar surface area (TPSA) is 52.3 Å². The average Bonchev–Trinajstić information content (AvgIpc) is 2.90. The van der Waals surface area contributed by atoms with E-state index in [9.17, 15) is 4.79 Å². The molecule has 0 aliphatic carbocycles. The van der Waals surface area contributed by atoms with E-state index in [-0.39, 0.29) is 5.97 Å². The smallest absolute Gasteiger partial charge is 0.337 e. The molecule has 0 saturated carbocycles. The maximum absolute atomic E-state index is 11.5. The van der Waals surface area contributed by atoms with E-state index in [1.54, 1.807) is 30.6 Å². The van der Waals surface area contributed by atoms with Crippen molar-refractivity contribution in [2.45, 2.75) is 0 Å². The van der Waals surface area contributed by atoms with Gasteiger partial charge in [-0.3, -0.25) is 4.98 Å². The number of rotatable bonds is 2. The Bertz CT molecular complexity index is 731. The number of benzene rings is 1. The first kappa shape index (κ1) is 11.5. The molecule has 3 aromatic rings. The molecule has 94 valence electrons. The molecule has 0 spiro atoms. The summed E-state index contributed by atoms with van der Waals surface area (Å²) < 4.78 is 10.4. The second-order valence-electron chi connectivity index (χ2n) is 4.10. The maximum Gasteiger partial charge on any atom is 0.337 e. The minimum absolute atomic E-state index is 0.356. The summed E-state index contributed by atoms with van der Waals surface area (Å²) in [4.78, 5) is 15.5. The van der Waals surface area contributed by atoms with E-state index in [1.807, 2.05) is 18.2 Å². The largest absolute Gasteiger partial charge is 0.465 e. The molecule has 0 amide bonds. The molecule has 0 N–H and O–H groups in total. The van der Waals surface area contributed by atoms with E-state index in [0.717, 1.165) is 22.3 Å². The van der Waals surface area contributed by atoms with Crippen LogP contribution < -0.4 is 0 Å². The van der Waals surface area contributed by atoms with E-state index in [4.69, 9.17) is 9.15 Å². The lowest BCUT2D eigenvalue weighted by molar-refractivity contribution is 0.0601. The monoisotopic (exact) mass is 253 g/mol. The first-order valence-electron chi connectivity index (χ1n) is 5.80. The van der Waals surface area contributed by atoms with Crippen molar-refractivity contribution < 1.29 is 13.9 Å². The van der Waals surface area contributed by atoms with Crippen LogP contribution in [0.15, 0.2) is 53.2 Å². The quantitative estimate of drug-likeness (QED) is 0.658. The predicted octanol–water partition coefficient (Wildman–Crippen LogP) is 3.28. The molecule has 0 radical (unpaired) electrons. The summed E-state index contributed by atoms with van der Waals surface area (Å²) in [5.41, 5.74) is 2.14. The maximum atomic E-state index is 11.5. The zero-order valence-electron chi connectivity index (χ0n) is 10.3. The van der Waals surface area contributed by atoms with Gasteiger partial charge < -0.3 is 9.15 Å². The molecule has 0 aliphatic heterocycles. The van der Waals surface area contributed by atoms with Crippen LogP contribution in [0.4, 0.5) is 0 Å². The van der Waals surface area contributed by atoms with Gasteiger partial charge in [0, 0.05) is 23.3 Å². The fourth-order valence-electron chi connectivity index (χ4n) is 1.94. The fraction of sp³-hybridized carbons (Fsp3) is 0.0667. The van der Waals surface area contributed by atoms with Crippen LogP contribution in [0.3, 0.4) is 0 Å². The number of hydrogen-bond acceptors (Lipinski definition) is 4. The number of esters is 1. The van der Waals surface area contributed by atoms with Gasteiger partial charge in [-0.25, -0.2) is 4.79 Å². The molecule has 3 rings (SSSR count).